The summed E-state index contributed by atoms with van der Waals surface area (Å²) in [5.41, 5.74) is 1.25. The first kappa shape index (κ1) is 16.7. The van der Waals surface area contributed by atoms with Crippen LogP contribution in [0.2, 0.25) is 0 Å². The van der Waals surface area contributed by atoms with Crippen LogP contribution in [0, 0.1) is 5.92 Å². The Kier molecular flexibility index (Phi) is 6.71. The third-order valence-electron chi connectivity index (χ3n) is 3.11. The van der Waals surface area contributed by atoms with Crippen LogP contribution in [0.5, 0.6) is 0 Å². The summed E-state index contributed by atoms with van der Waals surface area (Å²) in [5, 5.41) is 11.5. The highest BCUT2D eigenvalue weighted by atomic mass is 32.1. The average Bonchev–Trinajstić information content (AvgIpc) is 2.79. The van der Waals surface area contributed by atoms with Crippen LogP contribution in [0.4, 0.5) is 0 Å². The molecule has 1 aromatic heterocycles. The molecule has 1 amide bonds. The highest BCUT2D eigenvalue weighted by molar-refractivity contribution is 7.14. The zero-order valence-electron chi connectivity index (χ0n) is 12.4. The molecule has 2 N–H and O–H groups in total. The van der Waals surface area contributed by atoms with Gasteiger partial charge in [0.05, 0.1) is 4.88 Å². The summed E-state index contributed by atoms with van der Waals surface area (Å²) in [7, 11) is 0. The molecule has 0 aromatic carbocycles. The summed E-state index contributed by atoms with van der Waals surface area (Å²) >= 11 is 1.55. The van der Waals surface area contributed by atoms with Crippen molar-refractivity contribution in [3.63, 3.8) is 0 Å². The fourth-order valence-corrected chi connectivity index (χ4v) is 3.31. The minimum atomic E-state index is -0.832. The molecule has 20 heavy (non-hydrogen) atoms. The van der Waals surface area contributed by atoms with E-state index >= 15 is 0 Å². The normalized spacial score (nSPS) is 12.2. The SMILES string of the molecule is CCCc1sc(C(=O)NCC(C)CC(=O)O)cc1CC. The van der Waals surface area contributed by atoms with Gasteiger partial charge < -0.3 is 10.4 Å². The van der Waals surface area contributed by atoms with Crippen molar-refractivity contribution >= 4 is 23.2 Å². The number of amides is 1. The first-order valence-electron chi connectivity index (χ1n) is 7.09. The lowest BCUT2D eigenvalue weighted by Crippen LogP contribution is -2.28. The van der Waals surface area contributed by atoms with Gasteiger partial charge in [0, 0.05) is 17.8 Å². The van der Waals surface area contributed by atoms with E-state index in [-0.39, 0.29) is 18.2 Å². The molecule has 0 fully saturated rings. The molecule has 0 aliphatic heterocycles. The number of carbonyl (C=O) groups is 2. The Bertz CT molecular complexity index is 468. The van der Waals surface area contributed by atoms with Crippen molar-refractivity contribution in [1.29, 1.82) is 0 Å². The minimum absolute atomic E-state index is 0.0582. The summed E-state index contributed by atoms with van der Waals surface area (Å²) in [6.07, 6.45) is 3.10. The number of carboxylic acid groups (broad SMARTS) is 1. The molecule has 5 heteroatoms. The fraction of sp³-hybridized carbons (Fsp3) is 0.600. The predicted molar refractivity (Wildman–Crippen MR) is 81.4 cm³/mol. The van der Waals surface area contributed by atoms with Gasteiger partial charge in [0.2, 0.25) is 0 Å². The molecule has 0 saturated heterocycles. The van der Waals surface area contributed by atoms with E-state index < -0.39 is 5.97 Å². The van der Waals surface area contributed by atoms with E-state index in [1.165, 1.54) is 10.4 Å². The Morgan fingerprint density at radius 2 is 2.10 bits per heavy atom. The first-order chi connectivity index (χ1) is 9.47. The average molecular weight is 297 g/mol. The van der Waals surface area contributed by atoms with E-state index in [9.17, 15) is 9.59 Å². The van der Waals surface area contributed by atoms with Gasteiger partial charge in [-0.05, 0) is 30.4 Å². The van der Waals surface area contributed by atoms with Gasteiger partial charge in [-0.3, -0.25) is 9.59 Å². The second-order valence-corrected chi connectivity index (χ2v) is 6.21. The lowest BCUT2D eigenvalue weighted by atomic mass is 10.1. The number of hydrogen-bond acceptors (Lipinski definition) is 3. The van der Waals surface area contributed by atoms with Crippen LogP contribution in [0.1, 0.15) is 53.7 Å². The van der Waals surface area contributed by atoms with Gasteiger partial charge in [-0.2, -0.15) is 0 Å². The monoisotopic (exact) mass is 297 g/mol. The predicted octanol–water partition coefficient (Wildman–Crippen LogP) is 3.10. The number of rotatable bonds is 8. The zero-order chi connectivity index (χ0) is 15.1. The lowest BCUT2D eigenvalue weighted by Gasteiger charge is -2.09. The summed E-state index contributed by atoms with van der Waals surface area (Å²) in [4.78, 5) is 24.7. The van der Waals surface area contributed by atoms with Crippen LogP contribution < -0.4 is 5.32 Å². The molecular formula is C15H23NO3S. The molecule has 0 aliphatic carbocycles. The molecule has 1 atom stereocenters. The Morgan fingerprint density at radius 3 is 2.65 bits per heavy atom. The van der Waals surface area contributed by atoms with Crippen molar-refractivity contribution in [2.75, 3.05) is 6.54 Å². The number of aryl methyl sites for hydroxylation is 2. The van der Waals surface area contributed by atoms with Crippen LogP contribution in [-0.2, 0) is 17.6 Å². The summed E-state index contributed by atoms with van der Waals surface area (Å²) < 4.78 is 0. The van der Waals surface area contributed by atoms with E-state index in [2.05, 4.69) is 19.2 Å². The quantitative estimate of drug-likeness (QED) is 0.775. The van der Waals surface area contributed by atoms with Gasteiger partial charge in [0.25, 0.3) is 5.91 Å². The Hall–Kier alpha value is -1.36. The van der Waals surface area contributed by atoms with Crippen LogP contribution >= 0.6 is 11.3 Å². The molecule has 0 saturated carbocycles. The maximum atomic E-state index is 12.1. The zero-order valence-corrected chi connectivity index (χ0v) is 13.2. The van der Waals surface area contributed by atoms with Gasteiger partial charge in [-0.25, -0.2) is 0 Å². The maximum Gasteiger partial charge on any atom is 0.303 e. The first-order valence-corrected chi connectivity index (χ1v) is 7.91. The molecule has 0 spiro atoms. The molecule has 1 rings (SSSR count). The van der Waals surface area contributed by atoms with Crippen molar-refractivity contribution < 1.29 is 14.7 Å². The van der Waals surface area contributed by atoms with E-state index in [4.69, 9.17) is 5.11 Å². The Labute approximate surface area is 124 Å². The largest absolute Gasteiger partial charge is 0.481 e. The Morgan fingerprint density at radius 1 is 1.40 bits per heavy atom. The summed E-state index contributed by atoms with van der Waals surface area (Å²) in [6, 6.07) is 1.97. The molecule has 1 heterocycles. The third-order valence-corrected chi connectivity index (χ3v) is 4.35. The summed E-state index contributed by atoms with van der Waals surface area (Å²) in [5.74, 6) is -0.983. The smallest absolute Gasteiger partial charge is 0.303 e. The second kappa shape index (κ2) is 8.04. The van der Waals surface area contributed by atoms with Gasteiger partial charge >= 0.3 is 5.97 Å². The second-order valence-electron chi connectivity index (χ2n) is 5.08. The number of carboxylic acids is 1. The maximum absolute atomic E-state index is 12.1. The van der Waals surface area contributed by atoms with Gasteiger partial charge in [-0.1, -0.05) is 27.2 Å². The van der Waals surface area contributed by atoms with Crippen molar-refractivity contribution in [1.82, 2.24) is 5.32 Å². The van der Waals surface area contributed by atoms with Gasteiger partial charge in [0.1, 0.15) is 0 Å². The minimum Gasteiger partial charge on any atom is -0.481 e. The third kappa shape index (κ3) is 4.96. The number of hydrogen-bond donors (Lipinski definition) is 2. The van der Waals surface area contributed by atoms with E-state index in [0.29, 0.717) is 6.54 Å². The topological polar surface area (TPSA) is 66.4 Å². The van der Waals surface area contributed by atoms with Crippen molar-refractivity contribution in [2.45, 2.75) is 46.5 Å². The Balaban J connectivity index is 2.61. The van der Waals surface area contributed by atoms with Gasteiger partial charge in [0.15, 0.2) is 0 Å². The highest BCUT2D eigenvalue weighted by Crippen LogP contribution is 2.24. The number of thiophene rings is 1. The van der Waals surface area contributed by atoms with Crippen molar-refractivity contribution in [3.8, 4) is 0 Å². The molecule has 1 unspecified atom stereocenters. The van der Waals surface area contributed by atoms with Gasteiger partial charge in [-0.15, -0.1) is 11.3 Å². The molecule has 0 bridgehead atoms. The fourth-order valence-electron chi connectivity index (χ4n) is 2.04. The highest BCUT2D eigenvalue weighted by Gasteiger charge is 2.15. The molecule has 0 radical (unpaired) electrons. The van der Waals surface area contributed by atoms with Crippen LogP contribution in [0.15, 0.2) is 6.07 Å². The van der Waals surface area contributed by atoms with Crippen LogP contribution in [0.25, 0.3) is 0 Å². The lowest BCUT2D eigenvalue weighted by molar-refractivity contribution is -0.137. The van der Waals surface area contributed by atoms with Crippen LogP contribution in [-0.4, -0.2) is 23.5 Å². The molecular weight excluding hydrogens is 274 g/mol. The molecule has 0 aliphatic rings. The van der Waals surface area contributed by atoms with E-state index in [1.54, 1.807) is 11.3 Å². The van der Waals surface area contributed by atoms with Crippen molar-refractivity contribution in [3.05, 3.63) is 21.4 Å². The van der Waals surface area contributed by atoms with E-state index in [0.717, 1.165) is 24.1 Å². The molecule has 4 nitrogen and oxygen atoms in total. The number of nitrogens with one attached hydrogen (secondary N) is 1. The van der Waals surface area contributed by atoms with Crippen molar-refractivity contribution in [2.24, 2.45) is 5.92 Å². The molecule has 1 aromatic rings. The summed E-state index contributed by atoms with van der Waals surface area (Å²) in [6.45, 7) is 6.45. The standard InChI is InChI=1S/C15H23NO3S/c1-4-6-12-11(5-2)8-13(20-12)15(19)16-9-10(3)7-14(17)18/h8,10H,4-7,9H2,1-3H3,(H,16,19)(H,17,18). The number of aliphatic carboxylic acids is 1. The number of carbonyl (C=O) groups excluding carboxylic acids is 1. The molecule has 112 valence electrons. The van der Waals surface area contributed by atoms with E-state index in [1.807, 2.05) is 13.0 Å². The van der Waals surface area contributed by atoms with Crippen LogP contribution in [0.3, 0.4) is 0 Å².